The van der Waals surface area contributed by atoms with Crippen molar-refractivity contribution >= 4 is 26.9 Å². The maximum absolute atomic E-state index is 5.86. The number of fused-ring (bicyclic) bond motifs is 1. The van der Waals surface area contributed by atoms with Gasteiger partial charge >= 0.3 is 0 Å². The third-order valence-electron chi connectivity index (χ3n) is 3.01. The van der Waals surface area contributed by atoms with Gasteiger partial charge in [0.15, 0.2) is 0 Å². The Morgan fingerprint density at radius 1 is 0.944 bits per heavy atom. The van der Waals surface area contributed by atoms with E-state index in [-0.39, 0.29) is 4.83 Å². The van der Waals surface area contributed by atoms with Gasteiger partial charge in [0.25, 0.3) is 0 Å². The fraction of sp³-hybridized carbons (Fsp3) is 0.125. The van der Waals surface area contributed by atoms with Crippen LogP contribution in [0.4, 0.5) is 0 Å². The quantitative estimate of drug-likeness (QED) is 0.613. The highest BCUT2D eigenvalue weighted by Crippen LogP contribution is 2.31. The van der Waals surface area contributed by atoms with E-state index < -0.39 is 0 Å². The molecule has 0 saturated carbocycles. The second kappa shape index (κ2) is 4.99. The predicted molar refractivity (Wildman–Crippen MR) is 78.0 cm³/mol. The van der Waals surface area contributed by atoms with E-state index in [0.29, 0.717) is 0 Å². The van der Waals surface area contributed by atoms with E-state index in [1.807, 2.05) is 24.3 Å². The molecule has 18 heavy (non-hydrogen) atoms. The van der Waals surface area contributed by atoms with Crippen molar-refractivity contribution in [1.29, 1.82) is 0 Å². The molecule has 0 radical (unpaired) electrons. The molecule has 0 aliphatic rings. The Hall–Kier alpha value is -1.54. The van der Waals surface area contributed by atoms with Crippen molar-refractivity contribution in [3.8, 4) is 0 Å². The van der Waals surface area contributed by atoms with Crippen LogP contribution in [0.15, 0.2) is 65.1 Å². The molecular weight excluding hydrogens is 288 g/mol. The zero-order chi connectivity index (χ0) is 12.4. The van der Waals surface area contributed by atoms with Crippen LogP contribution in [-0.2, 0) is 6.42 Å². The standard InChI is InChI=1S/C16H13BrO/c17-14(10-12-6-2-1-3-7-12)16-11-13-8-4-5-9-15(13)18-16/h1-9,11,14H,10H2. The third kappa shape index (κ3) is 2.34. The SMILES string of the molecule is BrC(Cc1ccccc1)c1cc2ccccc2o1. The second-order valence-corrected chi connectivity index (χ2v) is 5.45. The lowest BCUT2D eigenvalue weighted by molar-refractivity contribution is 0.545. The van der Waals surface area contributed by atoms with Gasteiger partial charge in [-0.3, -0.25) is 0 Å². The van der Waals surface area contributed by atoms with E-state index in [9.17, 15) is 0 Å². The topological polar surface area (TPSA) is 13.1 Å². The minimum Gasteiger partial charge on any atom is -0.460 e. The van der Waals surface area contributed by atoms with Gasteiger partial charge in [0.1, 0.15) is 11.3 Å². The summed E-state index contributed by atoms with van der Waals surface area (Å²) in [5.74, 6) is 0.986. The first-order valence-corrected chi connectivity index (χ1v) is 6.91. The minimum absolute atomic E-state index is 0.215. The molecule has 0 N–H and O–H groups in total. The molecule has 0 aliphatic heterocycles. The average molecular weight is 301 g/mol. The molecule has 1 aromatic heterocycles. The van der Waals surface area contributed by atoms with Gasteiger partial charge in [-0.05, 0) is 24.1 Å². The van der Waals surface area contributed by atoms with Crippen molar-refractivity contribution in [2.75, 3.05) is 0 Å². The van der Waals surface area contributed by atoms with Crippen LogP contribution in [0.5, 0.6) is 0 Å². The van der Waals surface area contributed by atoms with Crippen molar-refractivity contribution < 1.29 is 4.42 Å². The van der Waals surface area contributed by atoms with Gasteiger partial charge in [-0.25, -0.2) is 0 Å². The molecule has 0 bridgehead atoms. The zero-order valence-electron chi connectivity index (χ0n) is 9.84. The molecule has 0 spiro atoms. The summed E-state index contributed by atoms with van der Waals surface area (Å²) in [6, 6.07) is 20.6. The fourth-order valence-electron chi connectivity index (χ4n) is 2.08. The van der Waals surface area contributed by atoms with Crippen molar-refractivity contribution in [2.24, 2.45) is 0 Å². The number of alkyl halides is 1. The number of halogens is 1. The average Bonchev–Trinajstić information content (AvgIpc) is 2.84. The first-order valence-electron chi connectivity index (χ1n) is 5.99. The molecular formula is C16H13BrO. The number of hydrogen-bond acceptors (Lipinski definition) is 1. The lowest BCUT2D eigenvalue weighted by Gasteiger charge is -2.06. The highest BCUT2D eigenvalue weighted by molar-refractivity contribution is 9.09. The van der Waals surface area contributed by atoms with E-state index >= 15 is 0 Å². The van der Waals surface area contributed by atoms with Crippen LogP contribution in [0.25, 0.3) is 11.0 Å². The van der Waals surface area contributed by atoms with Gasteiger partial charge in [0.2, 0.25) is 0 Å². The molecule has 1 unspecified atom stereocenters. The zero-order valence-corrected chi connectivity index (χ0v) is 11.4. The van der Waals surface area contributed by atoms with Gasteiger partial charge in [-0.15, -0.1) is 0 Å². The molecule has 0 saturated heterocycles. The lowest BCUT2D eigenvalue weighted by Crippen LogP contribution is -1.93. The van der Waals surface area contributed by atoms with Crippen molar-refractivity contribution in [2.45, 2.75) is 11.2 Å². The Morgan fingerprint density at radius 3 is 2.44 bits per heavy atom. The van der Waals surface area contributed by atoms with E-state index in [4.69, 9.17) is 4.42 Å². The molecule has 1 heterocycles. The van der Waals surface area contributed by atoms with Gasteiger partial charge in [0.05, 0.1) is 4.83 Å². The number of furan rings is 1. The molecule has 1 nitrogen and oxygen atoms in total. The van der Waals surface area contributed by atoms with Crippen LogP contribution in [0, 0.1) is 0 Å². The Kier molecular flexibility index (Phi) is 3.20. The summed E-state index contributed by atoms with van der Waals surface area (Å²) >= 11 is 3.71. The predicted octanol–water partition coefficient (Wildman–Crippen LogP) is 5.11. The van der Waals surface area contributed by atoms with E-state index in [0.717, 1.165) is 23.2 Å². The monoisotopic (exact) mass is 300 g/mol. The highest BCUT2D eigenvalue weighted by Gasteiger charge is 2.13. The molecule has 3 aromatic rings. The molecule has 0 fully saturated rings. The Bertz CT molecular complexity index is 609. The molecule has 0 amide bonds. The van der Waals surface area contributed by atoms with Crippen molar-refractivity contribution in [3.63, 3.8) is 0 Å². The normalized spacial score (nSPS) is 12.7. The van der Waals surface area contributed by atoms with Crippen molar-refractivity contribution in [3.05, 3.63) is 72.0 Å². The van der Waals surface area contributed by atoms with Crippen LogP contribution < -0.4 is 0 Å². The smallest absolute Gasteiger partial charge is 0.134 e. The Balaban J connectivity index is 1.86. The maximum Gasteiger partial charge on any atom is 0.134 e. The fourth-order valence-corrected chi connectivity index (χ4v) is 2.68. The Morgan fingerprint density at radius 2 is 1.67 bits per heavy atom. The third-order valence-corrected chi connectivity index (χ3v) is 3.79. The summed E-state index contributed by atoms with van der Waals surface area (Å²) in [7, 11) is 0. The Labute approximate surface area is 115 Å². The van der Waals surface area contributed by atoms with Crippen LogP contribution in [0.3, 0.4) is 0 Å². The van der Waals surface area contributed by atoms with E-state index in [1.165, 1.54) is 5.56 Å². The van der Waals surface area contributed by atoms with Crippen molar-refractivity contribution in [1.82, 2.24) is 0 Å². The largest absolute Gasteiger partial charge is 0.460 e. The molecule has 2 heteroatoms. The van der Waals surface area contributed by atoms with E-state index in [1.54, 1.807) is 0 Å². The van der Waals surface area contributed by atoms with Gasteiger partial charge in [-0.2, -0.15) is 0 Å². The number of hydrogen-bond donors (Lipinski definition) is 0. The molecule has 1 atom stereocenters. The number of para-hydroxylation sites is 1. The van der Waals surface area contributed by atoms with Crippen LogP contribution in [0.1, 0.15) is 16.2 Å². The molecule has 0 aliphatic carbocycles. The maximum atomic E-state index is 5.86. The lowest BCUT2D eigenvalue weighted by atomic mass is 10.1. The van der Waals surface area contributed by atoms with Crippen LogP contribution in [0.2, 0.25) is 0 Å². The van der Waals surface area contributed by atoms with E-state index in [2.05, 4.69) is 52.3 Å². The summed E-state index contributed by atoms with van der Waals surface area (Å²) < 4.78 is 5.86. The van der Waals surface area contributed by atoms with Gasteiger partial charge in [-0.1, -0.05) is 64.5 Å². The summed E-state index contributed by atoms with van der Waals surface area (Å²) in [4.78, 5) is 0.215. The second-order valence-electron chi connectivity index (χ2n) is 4.34. The van der Waals surface area contributed by atoms with Crippen LogP contribution in [-0.4, -0.2) is 0 Å². The summed E-state index contributed by atoms with van der Waals surface area (Å²) in [5, 5.41) is 1.16. The summed E-state index contributed by atoms with van der Waals surface area (Å²) in [6.45, 7) is 0. The van der Waals surface area contributed by atoms with Gasteiger partial charge < -0.3 is 4.42 Å². The molecule has 90 valence electrons. The number of benzene rings is 2. The first kappa shape index (κ1) is 11.5. The van der Waals surface area contributed by atoms with Crippen LogP contribution >= 0.6 is 15.9 Å². The van der Waals surface area contributed by atoms with Gasteiger partial charge in [0, 0.05) is 5.39 Å². The molecule has 2 aromatic carbocycles. The highest BCUT2D eigenvalue weighted by atomic mass is 79.9. The number of rotatable bonds is 3. The molecule has 3 rings (SSSR count). The first-order chi connectivity index (χ1) is 8.83. The minimum atomic E-state index is 0.215. The summed E-state index contributed by atoms with van der Waals surface area (Å²) in [5.41, 5.74) is 2.25. The summed E-state index contributed by atoms with van der Waals surface area (Å²) in [6.07, 6.45) is 0.931.